The Bertz CT molecular complexity index is 508. The van der Waals surface area contributed by atoms with Crippen LogP contribution in [0.4, 0.5) is 14.5 Å². The second-order valence-corrected chi connectivity index (χ2v) is 5.81. The molecule has 4 nitrogen and oxygen atoms in total. The van der Waals surface area contributed by atoms with Gasteiger partial charge in [0, 0.05) is 12.1 Å². The average molecular weight is 285 g/mol. The number of nitrogen functional groups attached to an aromatic ring is 1. The molecule has 0 bridgehead atoms. The number of nitrogens with zero attached hydrogens (tertiary/aromatic N) is 1. The van der Waals surface area contributed by atoms with Crippen molar-refractivity contribution >= 4 is 27.3 Å². The van der Waals surface area contributed by atoms with Crippen LogP contribution in [-0.4, -0.2) is 32.7 Å². The lowest BCUT2D eigenvalue weighted by atomic mass is 10.3. The third kappa shape index (κ3) is 3.27. The molecule has 0 heterocycles. The highest BCUT2D eigenvalue weighted by molar-refractivity contribution is 7.89. The van der Waals surface area contributed by atoms with Gasteiger partial charge in [-0.15, -0.1) is 0 Å². The standard InChI is InChI=1S/C9H11ClF2N2O2S/c1-14(5-9(11)12)17(15,16)8-3-2-6(10)4-7(8)13/h2-4,9H,5,13H2,1H3. The summed E-state index contributed by atoms with van der Waals surface area (Å²) in [6, 6.07) is 3.78. The van der Waals surface area contributed by atoms with Crippen molar-refractivity contribution in [3.05, 3.63) is 23.2 Å². The van der Waals surface area contributed by atoms with E-state index in [0.29, 0.717) is 4.31 Å². The van der Waals surface area contributed by atoms with E-state index in [2.05, 4.69) is 0 Å². The molecule has 0 amide bonds. The Morgan fingerprint density at radius 3 is 2.53 bits per heavy atom. The topological polar surface area (TPSA) is 63.4 Å². The Labute approximate surface area is 103 Å². The SMILES string of the molecule is CN(CC(F)F)S(=O)(=O)c1ccc(Cl)cc1N. The zero-order chi connectivity index (χ0) is 13.2. The first kappa shape index (κ1) is 14.1. The molecular formula is C9H11ClF2N2O2S. The number of halogens is 3. The third-order valence-electron chi connectivity index (χ3n) is 2.06. The highest BCUT2D eigenvalue weighted by atomic mass is 35.5. The van der Waals surface area contributed by atoms with Gasteiger partial charge >= 0.3 is 0 Å². The molecule has 17 heavy (non-hydrogen) atoms. The number of sulfonamides is 1. The Hall–Kier alpha value is -0.920. The van der Waals surface area contributed by atoms with Gasteiger partial charge in [-0.1, -0.05) is 11.6 Å². The van der Waals surface area contributed by atoms with E-state index < -0.39 is 23.0 Å². The normalized spacial score (nSPS) is 12.4. The van der Waals surface area contributed by atoms with Gasteiger partial charge in [-0.25, -0.2) is 17.2 Å². The number of benzene rings is 1. The Balaban J connectivity index is 3.13. The molecule has 0 radical (unpaired) electrons. The van der Waals surface area contributed by atoms with E-state index in [1.165, 1.54) is 18.2 Å². The van der Waals surface area contributed by atoms with Gasteiger partial charge in [0.2, 0.25) is 10.0 Å². The van der Waals surface area contributed by atoms with Crippen molar-refractivity contribution in [3.8, 4) is 0 Å². The highest BCUT2D eigenvalue weighted by Gasteiger charge is 2.25. The van der Waals surface area contributed by atoms with E-state index >= 15 is 0 Å². The molecule has 0 aliphatic rings. The van der Waals surface area contributed by atoms with Crippen LogP contribution >= 0.6 is 11.6 Å². The van der Waals surface area contributed by atoms with Crippen LogP contribution in [0.3, 0.4) is 0 Å². The predicted octanol–water partition coefficient (Wildman–Crippen LogP) is 1.81. The molecule has 0 saturated carbocycles. The van der Waals surface area contributed by atoms with E-state index in [4.69, 9.17) is 17.3 Å². The lowest BCUT2D eigenvalue weighted by molar-refractivity contribution is 0.126. The van der Waals surface area contributed by atoms with Crippen LogP contribution in [0.2, 0.25) is 5.02 Å². The summed E-state index contributed by atoms with van der Waals surface area (Å²) in [7, 11) is -2.95. The summed E-state index contributed by atoms with van der Waals surface area (Å²) in [6.45, 7) is -0.885. The zero-order valence-corrected chi connectivity index (χ0v) is 10.5. The van der Waals surface area contributed by atoms with Crippen LogP contribution in [0.5, 0.6) is 0 Å². The van der Waals surface area contributed by atoms with Crippen LogP contribution in [0.1, 0.15) is 0 Å². The van der Waals surface area contributed by atoms with Crippen LogP contribution in [0.15, 0.2) is 23.1 Å². The molecule has 0 aliphatic carbocycles. The lowest BCUT2D eigenvalue weighted by Crippen LogP contribution is -2.31. The number of anilines is 1. The molecule has 1 aromatic rings. The minimum Gasteiger partial charge on any atom is -0.398 e. The lowest BCUT2D eigenvalue weighted by Gasteiger charge is -2.17. The smallest absolute Gasteiger partial charge is 0.252 e. The summed E-state index contributed by atoms with van der Waals surface area (Å²) in [5.74, 6) is 0. The molecule has 2 N–H and O–H groups in total. The maximum Gasteiger partial charge on any atom is 0.252 e. The number of hydrogen-bond donors (Lipinski definition) is 1. The quantitative estimate of drug-likeness (QED) is 0.858. The van der Waals surface area contributed by atoms with Gasteiger partial charge in [0.05, 0.1) is 12.2 Å². The minimum atomic E-state index is -4.01. The zero-order valence-electron chi connectivity index (χ0n) is 8.90. The molecule has 96 valence electrons. The predicted molar refractivity (Wildman–Crippen MR) is 61.7 cm³/mol. The van der Waals surface area contributed by atoms with Crippen molar-refractivity contribution in [2.24, 2.45) is 0 Å². The molecule has 0 spiro atoms. The first-order valence-corrected chi connectivity index (χ1v) is 6.36. The fourth-order valence-corrected chi connectivity index (χ4v) is 2.64. The fraction of sp³-hybridized carbons (Fsp3) is 0.333. The molecule has 0 aromatic heterocycles. The largest absolute Gasteiger partial charge is 0.398 e. The summed E-state index contributed by atoms with van der Waals surface area (Å²) < 4.78 is 48.6. The Morgan fingerprint density at radius 1 is 1.47 bits per heavy atom. The number of alkyl halides is 2. The van der Waals surface area contributed by atoms with Gasteiger partial charge in [0.25, 0.3) is 6.43 Å². The average Bonchev–Trinajstić information content (AvgIpc) is 2.15. The van der Waals surface area contributed by atoms with Crippen molar-refractivity contribution < 1.29 is 17.2 Å². The highest BCUT2D eigenvalue weighted by Crippen LogP contribution is 2.25. The third-order valence-corrected chi connectivity index (χ3v) is 4.19. The molecular weight excluding hydrogens is 274 g/mol. The van der Waals surface area contributed by atoms with Crippen LogP contribution in [0, 0.1) is 0 Å². The van der Waals surface area contributed by atoms with E-state index in [1.807, 2.05) is 0 Å². The molecule has 0 atom stereocenters. The summed E-state index contributed by atoms with van der Waals surface area (Å²) in [5.41, 5.74) is 5.43. The Kier molecular flexibility index (Phi) is 4.29. The van der Waals surface area contributed by atoms with Crippen molar-refractivity contribution in [1.82, 2.24) is 4.31 Å². The van der Waals surface area contributed by atoms with Crippen LogP contribution < -0.4 is 5.73 Å². The number of nitrogens with two attached hydrogens (primary N) is 1. The molecule has 0 saturated heterocycles. The van der Waals surface area contributed by atoms with Gasteiger partial charge in [0.15, 0.2) is 0 Å². The van der Waals surface area contributed by atoms with Crippen molar-refractivity contribution in [2.45, 2.75) is 11.3 Å². The molecule has 0 aliphatic heterocycles. The first-order chi connectivity index (χ1) is 7.75. The van der Waals surface area contributed by atoms with Gasteiger partial charge < -0.3 is 5.73 Å². The number of rotatable bonds is 4. The fourth-order valence-electron chi connectivity index (χ4n) is 1.21. The second kappa shape index (κ2) is 5.16. The molecule has 1 aromatic carbocycles. The summed E-state index contributed by atoms with van der Waals surface area (Å²) in [6.07, 6.45) is -2.75. The van der Waals surface area contributed by atoms with Crippen LogP contribution in [-0.2, 0) is 10.0 Å². The maximum absolute atomic E-state index is 12.1. The molecule has 8 heteroatoms. The molecule has 0 unspecified atom stereocenters. The van der Waals surface area contributed by atoms with Gasteiger partial charge in [-0.3, -0.25) is 0 Å². The van der Waals surface area contributed by atoms with Crippen molar-refractivity contribution in [2.75, 3.05) is 19.3 Å². The van der Waals surface area contributed by atoms with E-state index in [-0.39, 0.29) is 15.6 Å². The van der Waals surface area contributed by atoms with Gasteiger partial charge in [-0.05, 0) is 18.2 Å². The summed E-state index contributed by atoms with van der Waals surface area (Å²) in [5, 5.41) is 0.276. The van der Waals surface area contributed by atoms with Gasteiger partial charge in [-0.2, -0.15) is 4.31 Å². The van der Waals surface area contributed by atoms with Gasteiger partial charge in [0.1, 0.15) is 4.90 Å². The van der Waals surface area contributed by atoms with E-state index in [1.54, 1.807) is 0 Å². The Morgan fingerprint density at radius 2 is 2.06 bits per heavy atom. The van der Waals surface area contributed by atoms with E-state index in [9.17, 15) is 17.2 Å². The first-order valence-electron chi connectivity index (χ1n) is 4.54. The molecule has 0 fully saturated rings. The second-order valence-electron chi connectivity index (χ2n) is 3.36. The molecule has 1 rings (SSSR count). The summed E-state index contributed by atoms with van der Waals surface area (Å²) in [4.78, 5) is -0.231. The number of hydrogen-bond acceptors (Lipinski definition) is 3. The minimum absolute atomic E-state index is 0.0707. The van der Waals surface area contributed by atoms with E-state index in [0.717, 1.165) is 7.05 Å². The maximum atomic E-state index is 12.1. The van der Waals surface area contributed by atoms with Crippen molar-refractivity contribution in [1.29, 1.82) is 0 Å². The summed E-state index contributed by atoms with van der Waals surface area (Å²) >= 11 is 5.62. The van der Waals surface area contributed by atoms with Crippen molar-refractivity contribution in [3.63, 3.8) is 0 Å². The van der Waals surface area contributed by atoms with Crippen LogP contribution in [0.25, 0.3) is 0 Å². The monoisotopic (exact) mass is 284 g/mol.